The van der Waals surface area contributed by atoms with Crippen molar-refractivity contribution in [1.82, 2.24) is 15.0 Å². The van der Waals surface area contributed by atoms with Gasteiger partial charge in [0.2, 0.25) is 0 Å². The Hall–Kier alpha value is -3.22. The van der Waals surface area contributed by atoms with E-state index in [4.69, 9.17) is 4.74 Å². The topological polar surface area (TPSA) is 77.2 Å². The van der Waals surface area contributed by atoms with E-state index in [1.165, 1.54) is 23.0 Å². The lowest BCUT2D eigenvalue weighted by Crippen LogP contribution is -2.07. The lowest BCUT2D eigenvalue weighted by molar-refractivity contribution is -0.140. The first-order valence-corrected chi connectivity index (χ1v) is 8.09. The second kappa shape index (κ2) is 6.95. The highest BCUT2D eigenvalue weighted by Gasteiger charge is 2.16. The van der Waals surface area contributed by atoms with Crippen LogP contribution in [0.1, 0.15) is 25.0 Å². The van der Waals surface area contributed by atoms with Crippen LogP contribution >= 0.6 is 0 Å². The molecule has 0 aliphatic carbocycles. The van der Waals surface area contributed by atoms with E-state index in [-0.39, 0.29) is 17.9 Å². The first-order valence-electron chi connectivity index (χ1n) is 8.09. The third-order valence-corrected chi connectivity index (χ3v) is 3.90. The maximum atomic E-state index is 13.4. The number of nitrogens with zero attached hydrogens (tertiary/aromatic N) is 3. The molecule has 0 saturated heterocycles. The minimum atomic E-state index is -0.536. The van der Waals surface area contributed by atoms with Gasteiger partial charge in [-0.25, -0.2) is 9.18 Å². The monoisotopic (exact) mass is 355 g/mol. The van der Waals surface area contributed by atoms with Gasteiger partial charge in [-0.1, -0.05) is 13.5 Å². The van der Waals surface area contributed by atoms with Crippen LogP contribution < -0.4 is 0 Å². The standard InChI is InChI=1S/C19H18FN3O3/c1-4-12-7-13(10-26-19(25)11(2)3)18(24)17(8-12)23-21-15-6-5-14(20)9-16(15)22-23/h5-9,24H,2,4,10H2,1,3H3. The van der Waals surface area contributed by atoms with Crippen LogP contribution in [0.2, 0.25) is 0 Å². The Morgan fingerprint density at radius 3 is 2.69 bits per heavy atom. The average Bonchev–Trinajstić information content (AvgIpc) is 3.03. The van der Waals surface area contributed by atoms with Gasteiger partial charge in [0.05, 0.1) is 0 Å². The summed E-state index contributed by atoms with van der Waals surface area (Å²) in [7, 11) is 0. The number of aromatic hydroxyl groups is 1. The summed E-state index contributed by atoms with van der Waals surface area (Å²) >= 11 is 0. The Kier molecular flexibility index (Phi) is 4.71. The van der Waals surface area contributed by atoms with Gasteiger partial charge in [-0.3, -0.25) is 0 Å². The number of benzene rings is 2. The van der Waals surface area contributed by atoms with Crippen LogP contribution in [0.25, 0.3) is 16.7 Å². The molecule has 3 rings (SSSR count). The van der Waals surface area contributed by atoms with Gasteiger partial charge >= 0.3 is 5.97 Å². The van der Waals surface area contributed by atoms with E-state index >= 15 is 0 Å². The van der Waals surface area contributed by atoms with Crippen molar-refractivity contribution in [3.8, 4) is 11.4 Å². The van der Waals surface area contributed by atoms with Gasteiger partial charge in [-0.15, -0.1) is 15.0 Å². The molecule has 0 fully saturated rings. The van der Waals surface area contributed by atoms with Crippen molar-refractivity contribution in [2.24, 2.45) is 0 Å². The summed E-state index contributed by atoms with van der Waals surface area (Å²) in [5.74, 6) is -1.05. The summed E-state index contributed by atoms with van der Waals surface area (Å²) < 4.78 is 18.5. The Bertz CT molecular complexity index is 1010. The SMILES string of the molecule is C=C(C)C(=O)OCc1cc(CC)cc(-n2nc3ccc(F)cc3n2)c1O. The largest absolute Gasteiger partial charge is 0.505 e. The molecule has 1 N–H and O–H groups in total. The molecule has 0 atom stereocenters. The number of phenols is 1. The van der Waals surface area contributed by atoms with Gasteiger partial charge in [-0.2, -0.15) is 0 Å². The molecule has 1 aromatic heterocycles. The lowest BCUT2D eigenvalue weighted by atomic mass is 10.1. The van der Waals surface area contributed by atoms with Gasteiger partial charge in [-0.05, 0) is 43.2 Å². The van der Waals surface area contributed by atoms with Crippen LogP contribution in [-0.2, 0) is 22.6 Å². The second-order valence-electron chi connectivity index (χ2n) is 5.96. The fourth-order valence-corrected chi connectivity index (χ4v) is 2.47. The van der Waals surface area contributed by atoms with E-state index in [1.807, 2.05) is 6.92 Å². The normalized spacial score (nSPS) is 10.9. The molecule has 0 unspecified atom stereocenters. The average molecular weight is 355 g/mol. The van der Waals surface area contributed by atoms with E-state index in [9.17, 15) is 14.3 Å². The molecule has 0 bridgehead atoms. The molecule has 26 heavy (non-hydrogen) atoms. The third kappa shape index (κ3) is 3.42. The van der Waals surface area contributed by atoms with Gasteiger partial charge in [0.15, 0.2) is 0 Å². The van der Waals surface area contributed by atoms with Crippen LogP contribution in [0.4, 0.5) is 4.39 Å². The number of phenolic OH excluding ortho intramolecular Hbond substituents is 1. The molecule has 6 nitrogen and oxygen atoms in total. The number of hydrogen-bond acceptors (Lipinski definition) is 5. The molecular weight excluding hydrogens is 337 g/mol. The summed E-state index contributed by atoms with van der Waals surface area (Å²) in [6.45, 7) is 6.94. The Morgan fingerprint density at radius 2 is 2.00 bits per heavy atom. The maximum Gasteiger partial charge on any atom is 0.333 e. The first kappa shape index (κ1) is 17.6. The van der Waals surface area contributed by atoms with Gasteiger partial charge in [0.25, 0.3) is 0 Å². The van der Waals surface area contributed by atoms with E-state index in [1.54, 1.807) is 19.1 Å². The molecule has 0 aliphatic heterocycles. The number of aryl methyl sites for hydroxylation is 1. The van der Waals surface area contributed by atoms with Crippen molar-refractivity contribution in [2.75, 3.05) is 0 Å². The first-order chi connectivity index (χ1) is 12.4. The van der Waals surface area contributed by atoms with Gasteiger partial charge in [0, 0.05) is 17.2 Å². The van der Waals surface area contributed by atoms with E-state index in [2.05, 4.69) is 16.8 Å². The number of carbonyl (C=O) groups excluding carboxylic acids is 1. The van der Waals surface area contributed by atoms with Crippen molar-refractivity contribution in [3.63, 3.8) is 0 Å². The minimum absolute atomic E-state index is 0.0995. The molecular formula is C19H18FN3O3. The highest BCUT2D eigenvalue weighted by molar-refractivity contribution is 5.87. The molecule has 1 heterocycles. The highest BCUT2D eigenvalue weighted by Crippen LogP contribution is 2.29. The lowest BCUT2D eigenvalue weighted by Gasteiger charge is -2.12. The fraction of sp³-hybridized carbons (Fsp3) is 0.211. The number of hydrogen-bond donors (Lipinski definition) is 1. The van der Waals surface area contributed by atoms with E-state index < -0.39 is 11.8 Å². The van der Waals surface area contributed by atoms with Crippen molar-refractivity contribution in [2.45, 2.75) is 26.9 Å². The van der Waals surface area contributed by atoms with Crippen molar-refractivity contribution in [3.05, 3.63) is 59.4 Å². The Morgan fingerprint density at radius 1 is 1.27 bits per heavy atom. The quantitative estimate of drug-likeness (QED) is 0.560. The van der Waals surface area contributed by atoms with E-state index in [0.717, 1.165) is 5.56 Å². The van der Waals surface area contributed by atoms with Crippen LogP contribution in [0.3, 0.4) is 0 Å². The van der Waals surface area contributed by atoms with Gasteiger partial charge in [0.1, 0.15) is 34.9 Å². The summed E-state index contributed by atoms with van der Waals surface area (Å²) in [5, 5.41) is 19.1. The number of esters is 1. The number of ether oxygens (including phenoxy) is 1. The highest BCUT2D eigenvalue weighted by atomic mass is 19.1. The predicted octanol–water partition coefficient (Wildman–Crippen LogP) is 3.45. The molecule has 0 aliphatic rings. The van der Waals surface area contributed by atoms with Crippen LogP contribution in [0, 0.1) is 5.82 Å². The molecule has 0 saturated carbocycles. The molecule has 0 spiro atoms. The summed E-state index contributed by atoms with van der Waals surface area (Å²) in [6.07, 6.45) is 0.699. The molecule has 3 aromatic rings. The van der Waals surface area contributed by atoms with Crippen LogP contribution in [0.15, 0.2) is 42.5 Å². The second-order valence-corrected chi connectivity index (χ2v) is 5.96. The summed E-state index contributed by atoms with van der Waals surface area (Å²) in [4.78, 5) is 12.9. The number of aromatic nitrogens is 3. The molecule has 134 valence electrons. The summed E-state index contributed by atoms with van der Waals surface area (Å²) in [6, 6.07) is 7.59. The fourth-order valence-electron chi connectivity index (χ4n) is 2.47. The molecule has 2 aromatic carbocycles. The number of rotatable bonds is 5. The zero-order valence-electron chi connectivity index (χ0n) is 14.5. The predicted molar refractivity (Wildman–Crippen MR) is 94.5 cm³/mol. The number of carbonyl (C=O) groups is 1. The molecule has 7 heteroatoms. The molecule has 0 amide bonds. The van der Waals surface area contributed by atoms with E-state index in [0.29, 0.717) is 28.7 Å². The smallest absolute Gasteiger partial charge is 0.333 e. The molecule has 0 radical (unpaired) electrons. The zero-order chi connectivity index (χ0) is 18.8. The van der Waals surface area contributed by atoms with Crippen molar-refractivity contribution >= 4 is 17.0 Å². The minimum Gasteiger partial charge on any atom is -0.505 e. The maximum absolute atomic E-state index is 13.4. The number of fused-ring (bicyclic) bond motifs is 1. The van der Waals surface area contributed by atoms with Crippen molar-refractivity contribution < 1.29 is 19.0 Å². The van der Waals surface area contributed by atoms with Crippen LogP contribution in [-0.4, -0.2) is 26.1 Å². The summed E-state index contributed by atoms with van der Waals surface area (Å²) in [5.41, 5.74) is 2.83. The van der Waals surface area contributed by atoms with Crippen molar-refractivity contribution in [1.29, 1.82) is 0 Å². The van der Waals surface area contributed by atoms with Crippen LogP contribution in [0.5, 0.6) is 5.75 Å². The van der Waals surface area contributed by atoms with Gasteiger partial charge < -0.3 is 9.84 Å². The third-order valence-electron chi connectivity index (χ3n) is 3.90. The zero-order valence-corrected chi connectivity index (χ0v) is 14.5. The Labute approximate surface area is 149 Å². The Balaban J connectivity index is 2.03. The number of halogens is 1.